The lowest BCUT2D eigenvalue weighted by Crippen LogP contribution is -2.48. The second-order valence-electron chi connectivity index (χ2n) is 5.76. The highest BCUT2D eigenvalue weighted by Gasteiger charge is 2.38. The van der Waals surface area contributed by atoms with E-state index >= 15 is 0 Å². The summed E-state index contributed by atoms with van der Waals surface area (Å²) in [5, 5.41) is 0. The predicted octanol–water partition coefficient (Wildman–Crippen LogP) is 0.238. The third-order valence-corrected chi connectivity index (χ3v) is 5.48. The molecule has 2 aliphatic heterocycles. The molecule has 6 nitrogen and oxygen atoms in total. The lowest BCUT2D eigenvalue weighted by atomic mass is 9.97. The fraction of sp³-hybridized carbons (Fsp3) is 0.846. The number of nitrogens with zero attached hydrogens (tertiary/aromatic N) is 2. The van der Waals surface area contributed by atoms with E-state index in [-0.39, 0.29) is 30.2 Å². The van der Waals surface area contributed by atoms with Crippen molar-refractivity contribution in [2.45, 2.75) is 38.6 Å². The van der Waals surface area contributed by atoms with Crippen molar-refractivity contribution in [1.29, 1.82) is 0 Å². The number of carbonyl (C=O) groups is 2. The van der Waals surface area contributed by atoms with Crippen molar-refractivity contribution in [2.24, 2.45) is 5.92 Å². The van der Waals surface area contributed by atoms with Gasteiger partial charge in [-0.2, -0.15) is 0 Å². The Morgan fingerprint density at radius 2 is 1.75 bits per heavy atom. The highest BCUT2D eigenvalue weighted by atomic mass is 32.2. The number of hydrogen-bond acceptors (Lipinski definition) is 4. The van der Waals surface area contributed by atoms with Gasteiger partial charge in [-0.25, -0.2) is 12.7 Å². The summed E-state index contributed by atoms with van der Waals surface area (Å²) in [4.78, 5) is 25.8. The number of ketones is 1. The first-order chi connectivity index (χ1) is 9.30. The third kappa shape index (κ3) is 3.20. The topological polar surface area (TPSA) is 74.8 Å². The van der Waals surface area contributed by atoms with Gasteiger partial charge in [-0.05, 0) is 32.6 Å². The molecule has 0 aliphatic carbocycles. The van der Waals surface area contributed by atoms with Crippen molar-refractivity contribution < 1.29 is 18.0 Å². The maximum atomic E-state index is 12.5. The van der Waals surface area contributed by atoms with E-state index in [2.05, 4.69) is 0 Å². The molecule has 7 heteroatoms. The number of carbonyl (C=O) groups excluding carboxylic acids is 2. The molecule has 2 heterocycles. The van der Waals surface area contributed by atoms with Gasteiger partial charge in [0.25, 0.3) is 0 Å². The van der Waals surface area contributed by atoms with E-state index in [4.69, 9.17) is 0 Å². The molecule has 0 aromatic carbocycles. The summed E-state index contributed by atoms with van der Waals surface area (Å²) < 4.78 is 24.6. The molecule has 0 N–H and O–H groups in total. The Morgan fingerprint density at radius 3 is 2.35 bits per heavy atom. The minimum atomic E-state index is -3.25. The van der Waals surface area contributed by atoms with Crippen LogP contribution in [-0.2, 0) is 19.6 Å². The zero-order chi connectivity index (χ0) is 14.9. The Kier molecular flexibility index (Phi) is 4.49. The summed E-state index contributed by atoms with van der Waals surface area (Å²) in [5.41, 5.74) is 0. The van der Waals surface area contributed by atoms with Crippen LogP contribution in [-0.4, -0.2) is 61.2 Å². The van der Waals surface area contributed by atoms with Crippen LogP contribution in [0.4, 0.5) is 0 Å². The van der Waals surface area contributed by atoms with Crippen molar-refractivity contribution in [1.82, 2.24) is 9.21 Å². The number of amides is 1. The van der Waals surface area contributed by atoms with E-state index in [1.54, 1.807) is 4.90 Å². The Labute approximate surface area is 120 Å². The van der Waals surface area contributed by atoms with Gasteiger partial charge in [0.1, 0.15) is 0 Å². The van der Waals surface area contributed by atoms with Gasteiger partial charge in [-0.15, -0.1) is 0 Å². The smallest absolute Gasteiger partial charge is 0.227 e. The number of piperidine rings is 1. The van der Waals surface area contributed by atoms with Crippen LogP contribution in [0.2, 0.25) is 0 Å². The van der Waals surface area contributed by atoms with Crippen LogP contribution in [0.25, 0.3) is 0 Å². The monoisotopic (exact) mass is 302 g/mol. The van der Waals surface area contributed by atoms with Crippen molar-refractivity contribution in [3.8, 4) is 0 Å². The van der Waals surface area contributed by atoms with Crippen molar-refractivity contribution in [3.63, 3.8) is 0 Å². The predicted molar refractivity (Wildman–Crippen MR) is 74.6 cm³/mol. The fourth-order valence-electron chi connectivity index (χ4n) is 3.13. The minimum Gasteiger partial charge on any atom is -0.332 e. The van der Waals surface area contributed by atoms with Crippen LogP contribution in [0.3, 0.4) is 0 Å². The van der Waals surface area contributed by atoms with Crippen LogP contribution < -0.4 is 0 Å². The SMILES string of the molecule is CC(=O)[C@H]1CCCN1C(=O)[C@H]1CCCN(S(C)(=O)=O)C1. The normalized spacial score (nSPS) is 28.6. The summed E-state index contributed by atoms with van der Waals surface area (Å²) >= 11 is 0. The van der Waals surface area contributed by atoms with Crippen molar-refractivity contribution >= 4 is 21.7 Å². The maximum absolute atomic E-state index is 12.5. The summed E-state index contributed by atoms with van der Waals surface area (Å²) in [6.07, 6.45) is 4.14. The highest BCUT2D eigenvalue weighted by molar-refractivity contribution is 7.88. The Morgan fingerprint density at radius 1 is 1.10 bits per heavy atom. The van der Waals surface area contributed by atoms with Gasteiger partial charge in [-0.3, -0.25) is 9.59 Å². The number of likely N-dealkylation sites (tertiary alicyclic amines) is 1. The van der Waals surface area contributed by atoms with E-state index in [0.717, 1.165) is 12.8 Å². The van der Waals surface area contributed by atoms with Gasteiger partial charge in [0, 0.05) is 19.6 Å². The van der Waals surface area contributed by atoms with Gasteiger partial charge in [0.2, 0.25) is 15.9 Å². The lowest BCUT2D eigenvalue weighted by molar-refractivity contribution is -0.141. The van der Waals surface area contributed by atoms with Crippen LogP contribution in [0.5, 0.6) is 0 Å². The molecule has 0 bridgehead atoms. The van der Waals surface area contributed by atoms with E-state index in [1.807, 2.05) is 0 Å². The average molecular weight is 302 g/mol. The van der Waals surface area contributed by atoms with Gasteiger partial charge in [0.15, 0.2) is 5.78 Å². The molecule has 0 radical (unpaired) electrons. The molecule has 2 fully saturated rings. The average Bonchev–Trinajstić information content (AvgIpc) is 2.86. The van der Waals surface area contributed by atoms with E-state index in [1.165, 1.54) is 17.5 Å². The molecule has 114 valence electrons. The van der Waals surface area contributed by atoms with Crippen molar-refractivity contribution in [3.05, 3.63) is 0 Å². The number of rotatable bonds is 3. The highest BCUT2D eigenvalue weighted by Crippen LogP contribution is 2.25. The van der Waals surface area contributed by atoms with E-state index in [9.17, 15) is 18.0 Å². The fourth-order valence-corrected chi connectivity index (χ4v) is 4.04. The van der Waals surface area contributed by atoms with Crippen LogP contribution in [0.15, 0.2) is 0 Å². The number of hydrogen-bond donors (Lipinski definition) is 0. The molecule has 0 unspecified atom stereocenters. The largest absolute Gasteiger partial charge is 0.332 e. The van der Waals surface area contributed by atoms with Crippen molar-refractivity contribution in [2.75, 3.05) is 25.9 Å². The molecule has 2 rings (SSSR count). The second kappa shape index (κ2) is 5.81. The quantitative estimate of drug-likeness (QED) is 0.748. The first-order valence-electron chi connectivity index (χ1n) is 7.06. The second-order valence-corrected chi connectivity index (χ2v) is 7.74. The summed E-state index contributed by atoms with van der Waals surface area (Å²) in [7, 11) is -3.25. The Balaban J connectivity index is 2.07. The number of Topliss-reactive ketones (excluding diaryl/α,β-unsaturated/α-hetero) is 1. The van der Waals surface area contributed by atoms with Gasteiger partial charge in [-0.1, -0.05) is 0 Å². The summed E-state index contributed by atoms with van der Waals surface area (Å²) in [6.45, 7) is 2.86. The molecule has 0 saturated carbocycles. The third-order valence-electron chi connectivity index (χ3n) is 4.21. The molecule has 2 aliphatic rings. The van der Waals surface area contributed by atoms with Gasteiger partial charge < -0.3 is 4.90 Å². The minimum absolute atomic E-state index is 0.0200. The van der Waals surface area contributed by atoms with E-state index < -0.39 is 10.0 Å². The molecule has 0 spiro atoms. The first-order valence-corrected chi connectivity index (χ1v) is 8.91. The molecule has 0 aromatic rings. The van der Waals surface area contributed by atoms with Gasteiger partial charge in [0.05, 0.1) is 18.2 Å². The zero-order valence-electron chi connectivity index (χ0n) is 12.0. The Hall–Kier alpha value is -0.950. The summed E-state index contributed by atoms with van der Waals surface area (Å²) in [6, 6.07) is -0.309. The molecule has 2 saturated heterocycles. The molecule has 2 atom stereocenters. The van der Waals surface area contributed by atoms with Crippen LogP contribution in [0, 0.1) is 5.92 Å². The summed E-state index contributed by atoms with van der Waals surface area (Å²) in [5.74, 6) is -0.346. The zero-order valence-corrected chi connectivity index (χ0v) is 12.9. The van der Waals surface area contributed by atoms with Crippen LogP contribution in [0.1, 0.15) is 32.6 Å². The molecular weight excluding hydrogens is 280 g/mol. The maximum Gasteiger partial charge on any atom is 0.227 e. The van der Waals surface area contributed by atoms with Gasteiger partial charge >= 0.3 is 0 Å². The van der Waals surface area contributed by atoms with E-state index in [0.29, 0.717) is 25.9 Å². The molecule has 0 aromatic heterocycles. The lowest BCUT2D eigenvalue weighted by Gasteiger charge is -2.33. The molecular formula is C13H22N2O4S. The number of sulfonamides is 1. The standard InChI is InChI=1S/C13H22N2O4S/c1-10(16)12-6-4-8-15(12)13(17)11-5-3-7-14(9-11)20(2,18)19/h11-12H,3-9H2,1-2H3/t11-,12+/m0/s1. The van der Waals surface area contributed by atoms with Crippen LogP contribution >= 0.6 is 0 Å². The molecule has 1 amide bonds. The first kappa shape index (κ1) is 15.4. The molecule has 20 heavy (non-hydrogen) atoms. The Bertz CT molecular complexity index is 503.